The molecular weight excluding hydrogens is 350 g/mol. The number of amides is 2. The lowest BCUT2D eigenvalue weighted by Crippen LogP contribution is -2.19. The first kappa shape index (κ1) is 17.8. The van der Waals surface area contributed by atoms with Crippen molar-refractivity contribution in [3.05, 3.63) is 71.5 Å². The summed E-state index contributed by atoms with van der Waals surface area (Å²) in [6.07, 6.45) is 1.78. The van der Waals surface area contributed by atoms with Crippen molar-refractivity contribution in [1.82, 2.24) is 4.98 Å². The zero-order valence-electron chi connectivity index (χ0n) is 14.4. The van der Waals surface area contributed by atoms with Crippen LogP contribution >= 0.6 is 11.6 Å². The van der Waals surface area contributed by atoms with Crippen molar-refractivity contribution in [1.29, 1.82) is 0 Å². The smallest absolute Gasteiger partial charge is 0.323 e. The van der Waals surface area contributed by atoms with Crippen LogP contribution in [-0.2, 0) is 0 Å². The normalized spacial score (nSPS) is 10.3. The molecular formula is C20H18ClN3O2. The van der Waals surface area contributed by atoms with Gasteiger partial charge in [-0.2, -0.15) is 0 Å². The zero-order chi connectivity index (χ0) is 18.5. The Kier molecular flexibility index (Phi) is 5.39. The summed E-state index contributed by atoms with van der Waals surface area (Å²) in [5.41, 5.74) is 4.25. The van der Waals surface area contributed by atoms with Crippen LogP contribution in [0.4, 0.5) is 16.2 Å². The van der Waals surface area contributed by atoms with E-state index in [2.05, 4.69) is 15.6 Å². The molecule has 0 fully saturated rings. The summed E-state index contributed by atoms with van der Waals surface area (Å²) in [5, 5.41) is 5.93. The van der Waals surface area contributed by atoms with Crippen molar-refractivity contribution in [2.75, 3.05) is 17.7 Å². The average Bonchev–Trinajstić information content (AvgIpc) is 2.64. The molecule has 3 rings (SSSR count). The van der Waals surface area contributed by atoms with Crippen molar-refractivity contribution < 1.29 is 9.53 Å². The number of rotatable bonds is 4. The maximum absolute atomic E-state index is 12.2. The summed E-state index contributed by atoms with van der Waals surface area (Å²) in [5.74, 6) is 0.613. The summed E-state index contributed by atoms with van der Waals surface area (Å²) in [6.45, 7) is 1.95. The standard InChI is InChI=1S/C20H18ClN3O2/c1-13-11-15(9-10-22-13)14-3-5-16(6-4-14)23-20(25)24-19-12-17(26-2)7-8-18(19)21/h3-12H,1-2H3,(H2,23,24,25). The van der Waals surface area contributed by atoms with Gasteiger partial charge in [0.15, 0.2) is 0 Å². The molecule has 2 amide bonds. The highest BCUT2D eigenvalue weighted by Crippen LogP contribution is 2.27. The topological polar surface area (TPSA) is 63.2 Å². The number of aryl methyl sites for hydroxylation is 1. The number of nitrogens with zero attached hydrogens (tertiary/aromatic N) is 1. The molecule has 0 unspecified atom stereocenters. The zero-order valence-corrected chi connectivity index (χ0v) is 15.2. The molecule has 0 atom stereocenters. The Morgan fingerprint density at radius 3 is 2.46 bits per heavy atom. The lowest BCUT2D eigenvalue weighted by molar-refractivity contribution is 0.262. The van der Waals surface area contributed by atoms with Crippen LogP contribution in [0.1, 0.15) is 5.69 Å². The first-order valence-electron chi connectivity index (χ1n) is 8.00. The van der Waals surface area contributed by atoms with Gasteiger partial charge in [-0.3, -0.25) is 4.98 Å². The van der Waals surface area contributed by atoms with Gasteiger partial charge in [-0.25, -0.2) is 4.79 Å². The van der Waals surface area contributed by atoms with E-state index in [0.29, 0.717) is 22.1 Å². The third-order valence-electron chi connectivity index (χ3n) is 3.79. The number of methoxy groups -OCH3 is 1. The molecule has 1 aromatic heterocycles. The van der Waals surface area contributed by atoms with Gasteiger partial charge in [-0.1, -0.05) is 23.7 Å². The van der Waals surface area contributed by atoms with Gasteiger partial charge < -0.3 is 15.4 Å². The van der Waals surface area contributed by atoms with Crippen molar-refractivity contribution in [2.24, 2.45) is 0 Å². The van der Waals surface area contributed by atoms with E-state index in [1.54, 1.807) is 31.5 Å². The van der Waals surface area contributed by atoms with E-state index in [4.69, 9.17) is 16.3 Å². The van der Waals surface area contributed by atoms with E-state index in [1.807, 2.05) is 43.3 Å². The van der Waals surface area contributed by atoms with E-state index in [1.165, 1.54) is 0 Å². The molecule has 2 aromatic carbocycles. The van der Waals surface area contributed by atoms with Crippen molar-refractivity contribution in [3.8, 4) is 16.9 Å². The molecule has 0 radical (unpaired) electrons. The number of anilines is 2. The summed E-state index contributed by atoms with van der Waals surface area (Å²) in [6, 6.07) is 16.2. The highest BCUT2D eigenvalue weighted by atomic mass is 35.5. The predicted molar refractivity (Wildman–Crippen MR) is 105 cm³/mol. The molecule has 132 valence electrons. The third-order valence-corrected chi connectivity index (χ3v) is 4.12. The van der Waals surface area contributed by atoms with E-state index in [-0.39, 0.29) is 6.03 Å². The number of urea groups is 1. The predicted octanol–water partition coefficient (Wildman–Crippen LogP) is 5.36. The molecule has 5 nitrogen and oxygen atoms in total. The first-order valence-corrected chi connectivity index (χ1v) is 8.37. The molecule has 26 heavy (non-hydrogen) atoms. The van der Waals surface area contributed by atoms with Gasteiger partial charge in [0.25, 0.3) is 0 Å². The average molecular weight is 368 g/mol. The van der Waals surface area contributed by atoms with Gasteiger partial charge in [0.2, 0.25) is 0 Å². The fraction of sp³-hybridized carbons (Fsp3) is 0.100. The number of halogens is 1. The molecule has 2 N–H and O–H groups in total. The Balaban J connectivity index is 1.68. The van der Waals surface area contributed by atoms with E-state index < -0.39 is 0 Å². The number of carbonyl (C=O) groups is 1. The van der Waals surface area contributed by atoms with Crippen LogP contribution in [0.3, 0.4) is 0 Å². The maximum atomic E-state index is 12.2. The number of pyridine rings is 1. The summed E-state index contributed by atoms with van der Waals surface area (Å²) in [4.78, 5) is 16.4. The second-order valence-electron chi connectivity index (χ2n) is 5.69. The fourth-order valence-electron chi connectivity index (χ4n) is 2.48. The molecule has 6 heteroatoms. The van der Waals surface area contributed by atoms with Gasteiger partial charge in [-0.05, 0) is 54.4 Å². The third kappa shape index (κ3) is 4.32. The van der Waals surface area contributed by atoms with Gasteiger partial charge in [0.05, 0.1) is 17.8 Å². The van der Waals surface area contributed by atoms with Crippen molar-refractivity contribution in [2.45, 2.75) is 6.92 Å². The number of carbonyl (C=O) groups excluding carboxylic acids is 1. The Bertz CT molecular complexity index is 927. The van der Waals surface area contributed by atoms with Crippen molar-refractivity contribution >= 4 is 29.0 Å². The monoisotopic (exact) mass is 367 g/mol. The minimum absolute atomic E-state index is 0.382. The second kappa shape index (κ2) is 7.89. The number of nitrogens with one attached hydrogen (secondary N) is 2. The largest absolute Gasteiger partial charge is 0.497 e. The number of hydrogen-bond donors (Lipinski definition) is 2. The Labute approximate surface area is 157 Å². The molecule has 0 aliphatic rings. The van der Waals surface area contributed by atoms with Gasteiger partial charge in [0.1, 0.15) is 5.75 Å². The van der Waals surface area contributed by atoms with Gasteiger partial charge >= 0.3 is 6.03 Å². The van der Waals surface area contributed by atoms with Crippen LogP contribution in [0.15, 0.2) is 60.8 Å². The molecule has 0 saturated heterocycles. The number of benzene rings is 2. The molecule has 1 heterocycles. The van der Waals surface area contributed by atoms with Crippen LogP contribution in [0.2, 0.25) is 5.02 Å². The fourth-order valence-corrected chi connectivity index (χ4v) is 2.65. The summed E-state index contributed by atoms with van der Waals surface area (Å²) in [7, 11) is 1.55. The van der Waals surface area contributed by atoms with Crippen LogP contribution in [-0.4, -0.2) is 18.1 Å². The van der Waals surface area contributed by atoms with E-state index >= 15 is 0 Å². The lowest BCUT2D eigenvalue weighted by Gasteiger charge is -2.11. The number of ether oxygens (including phenoxy) is 1. The summed E-state index contributed by atoms with van der Waals surface area (Å²) < 4.78 is 5.14. The Hall–Kier alpha value is -3.05. The Morgan fingerprint density at radius 2 is 1.77 bits per heavy atom. The first-order chi connectivity index (χ1) is 12.5. The highest BCUT2D eigenvalue weighted by molar-refractivity contribution is 6.33. The molecule has 0 bridgehead atoms. The molecule has 0 saturated carbocycles. The van der Waals surface area contributed by atoms with Gasteiger partial charge in [-0.15, -0.1) is 0 Å². The minimum atomic E-state index is -0.382. The molecule has 0 spiro atoms. The highest BCUT2D eigenvalue weighted by Gasteiger charge is 2.08. The lowest BCUT2D eigenvalue weighted by atomic mass is 10.1. The van der Waals surface area contributed by atoms with Crippen LogP contribution in [0.5, 0.6) is 5.75 Å². The van der Waals surface area contributed by atoms with Crippen LogP contribution in [0, 0.1) is 6.92 Å². The number of hydrogen-bond acceptors (Lipinski definition) is 3. The molecule has 0 aliphatic carbocycles. The van der Waals surface area contributed by atoms with Crippen LogP contribution < -0.4 is 15.4 Å². The SMILES string of the molecule is COc1ccc(Cl)c(NC(=O)Nc2ccc(-c3ccnc(C)c3)cc2)c1. The van der Waals surface area contributed by atoms with Gasteiger partial charge in [0, 0.05) is 23.6 Å². The second-order valence-corrected chi connectivity index (χ2v) is 6.10. The molecule has 3 aromatic rings. The summed E-state index contributed by atoms with van der Waals surface area (Å²) >= 11 is 6.10. The molecule has 0 aliphatic heterocycles. The number of aromatic nitrogens is 1. The Morgan fingerprint density at radius 1 is 1.00 bits per heavy atom. The van der Waals surface area contributed by atoms with E-state index in [0.717, 1.165) is 16.8 Å². The maximum Gasteiger partial charge on any atom is 0.323 e. The van der Waals surface area contributed by atoms with E-state index in [9.17, 15) is 4.79 Å². The quantitative estimate of drug-likeness (QED) is 0.652. The van der Waals surface area contributed by atoms with Crippen molar-refractivity contribution in [3.63, 3.8) is 0 Å². The van der Waals surface area contributed by atoms with Crippen LogP contribution in [0.25, 0.3) is 11.1 Å². The minimum Gasteiger partial charge on any atom is -0.497 e.